The summed E-state index contributed by atoms with van der Waals surface area (Å²) in [6, 6.07) is 0. The van der Waals surface area contributed by atoms with Gasteiger partial charge >= 0.3 is 0 Å². The molecular formula is C5H6AlN5. The van der Waals surface area contributed by atoms with Crippen LogP contribution >= 0.6 is 0 Å². The van der Waals surface area contributed by atoms with Gasteiger partial charge in [-0.1, -0.05) is 0 Å². The van der Waals surface area contributed by atoms with Gasteiger partial charge in [-0.05, 0) is 0 Å². The molecule has 2 heterocycles. The van der Waals surface area contributed by atoms with E-state index in [0.717, 1.165) is 26.5 Å². The van der Waals surface area contributed by atoms with Crippen molar-refractivity contribution in [3.63, 3.8) is 0 Å². The molecule has 2 aromatic rings. The lowest BCUT2D eigenvalue weighted by atomic mass is 10.7. The third-order valence-electron chi connectivity index (χ3n) is 1.45. The van der Waals surface area contributed by atoms with Crippen LogP contribution in [0.25, 0.3) is 5.65 Å². The molecule has 2 N–H and O–H groups in total. The summed E-state index contributed by atoms with van der Waals surface area (Å²) in [6.07, 6.45) is 3.43. The van der Waals surface area contributed by atoms with Gasteiger partial charge in [-0.25, -0.2) is 4.52 Å². The van der Waals surface area contributed by atoms with Crippen LogP contribution in [0.4, 0.5) is 5.95 Å². The molecule has 0 amide bonds. The SMILES string of the molecule is Nc1nc2[c]([AlH2])nccn2n1. The maximum atomic E-state index is 5.40. The van der Waals surface area contributed by atoms with Crippen molar-refractivity contribution in [3.8, 4) is 0 Å². The number of hydrogen-bond donors (Lipinski definition) is 1. The Morgan fingerprint density at radius 2 is 2.36 bits per heavy atom. The Bertz CT molecular complexity index is 395. The first kappa shape index (κ1) is 6.58. The molecule has 0 saturated carbocycles. The van der Waals surface area contributed by atoms with Crippen molar-refractivity contribution in [1.29, 1.82) is 0 Å². The molecular weight excluding hydrogens is 157 g/mol. The molecule has 0 aliphatic carbocycles. The van der Waals surface area contributed by atoms with Gasteiger partial charge in [0, 0.05) is 16.9 Å². The molecule has 0 saturated heterocycles. The van der Waals surface area contributed by atoms with E-state index in [1.54, 1.807) is 16.9 Å². The fourth-order valence-corrected chi connectivity index (χ4v) is 1.45. The number of anilines is 1. The Balaban J connectivity index is 2.90. The molecule has 5 nitrogen and oxygen atoms in total. The smallest absolute Gasteiger partial charge is 0.296 e. The minimum atomic E-state index is 0.301. The van der Waals surface area contributed by atoms with E-state index in [1.165, 1.54) is 0 Å². The molecule has 0 aliphatic heterocycles. The van der Waals surface area contributed by atoms with Crippen LogP contribution < -0.4 is 10.3 Å². The van der Waals surface area contributed by atoms with E-state index in [2.05, 4.69) is 15.1 Å². The van der Waals surface area contributed by atoms with Gasteiger partial charge in [0.2, 0.25) is 5.95 Å². The lowest BCUT2D eigenvalue weighted by Crippen LogP contribution is -2.11. The van der Waals surface area contributed by atoms with Crippen molar-refractivity contribution in [1.82, 2.24) is 19.6 Å². The Kier molecular flexibility index (Phi) is 1.31. The summed E-state index contributed by atoms with van der Waals surface area (Å²) in [5, 5.41) is 3.94. The number of nitrogens with zero attached hydrogens (tertiary/aromatic N) is 4. The highest BCUT2D eigenvalue weighted by Crippen LogP contribution is 1.95. The van der Waals surface area contributed by atoms with Crippen LogP contribution in [0.3, 0.4) is 0 Å². The second kappa shape index (κ2) is 2.19. The highest BCUT2D eigenvalue weighted by Gasteiger charge is 2.00. The summed E-state index contributed by atoms with van der Waals surface area (Å²) < 4.78 is 2.61. The van der Waals surface area contributed by atoms with Crippen molar-refractivity contribution < 1.29 is 0 Å². The molecule has 2 aromatic heterocycles. The van der Waals surface area contributed by atoms with E-state index >= 15 is 0 Å². The molecule has 0 fully saturated rings. The van der Waals surface area contributed by atoms with Gasteiger partial charge in [-0.2, -0.15) is 4.98 Å². The number of nitrogen functional groups attached to an aromatic ring is 1. The maximum absolute atomic E-state index is 5.40. The van der Waals surface area contributed by atoms with E-state index in [4.69, 9.17) is 5.73 Å². The van der Waals surface area contributed by atoms with Gasteiger partial charge in [-0.3, -0.25) is 4.98 Å². The monoisotopic (exact) mass is 163 g/mol. The Labute approximate surface area is 70.7 Å². The molecule has 2 rings (SSSR count). The van der Waals surface area contributed by atoms with Crippen LogP contribution in [0.15, 0.2) is 12.4 Å². The van der Waals surface area contributed by atoms with Crippen molar-refractivity contribution >= 4 is 32.4 Å². The summed E-state index contributed by atoms with van der Waals surface area (Å²) in [5.74, 6) is 0.301. The van der Waals surface area contributed by atoms with E-state index in [-0.39, 0.29) is 0 Å². The highest BCUT2D eigenvalue weighted by atomic mass is 27.0. The van der Waals surface area contributed by atoms with Gasteiger partial charge in [0.25, 0.3) is 16.3 Å². The van der Waals surface area contributed by atoms with Gasteiger partial charge in [0.05, 0.1) is 0 Å². The summed E-state index contributed by atoms with van der Waals surface area (Å²) in [7, 11) is 0. The van der Waals surface area contributed by atoms with E-state index < -0.39 is 0 Å². The number of fused-ring (bicyclic) bond motifs is 1. The topological polar surface area (TPSA) is 69.1 Å². The lowest BCUT2D eigenvalue weighted by Gasteiger charge is -1.91. The zero-order chi connectivity index (χ0) is 7.84. The van der Waals surface area contributed by atoms with Crippen molar-refractivity contribution in [2.45, 2.75) is 0 Å². The molecule has 6 heteroatoms. The molecule has 0 spiro atoms. The third-order valence-corrected chi connectivity index (χ3v) is 2.15. The predicted molar refractivity (Wildman–Crippen MR) is 43.4 cm³/mol. The zero-order valence-corrected chi connectivity index (χ0v) is 8.02. The quantitative estimate of drug-likeness (QED) is 0.454. The molecule has 11 heavy (non-hydrogen) atoms. The molecule has 0 unspecified atom stereocenters. The van der Waals surface area contributed by atoms with Crippen molar-refractivity contribution in [2.75, 3.05) is 5.73 Å². The molecule has 0 aromatic carbocycles. The van der Waals surface area contributed by atoms with Crippen molar-refractivity contribution in [3.05, 3.63) is 12.4 Å². The second-order valence-electron chi connectivity index (χ2n) is 2.25. The summed E-state index contributed by atoms with van der Waals surface area (Å²) in [4.78, 5) is 8.12. The fourth-order valence-electron chi connectivity index (χ4n) is 0.956. The Hall–Kier alpha value is -1.12. The number of aromatic nitrogens is 4. The Morgan fingerprint density at radius 3 is 3.09 bits per heavy atom. The Morgan fingerprint density at radius 1 is 1.55 bits per heavy atom. The minimum absolute atomic E-state index is 0.301. The van der Waals surface area contributed by atoms with Crippen molar-refractivity contribution in [2.24, 2.45) is 0 Å². The predicted octanol–water partition coefficient (Wildman–Crippen LogP) is -2.04. The number of rotatable bonds is 0. The zero-order valence-electron chi connectivity index (χ0n) is 6.02. The van der Waals surface area contributed by atoms with Gasteiger partial charge in [-0.15, -0.1) is 5.10 Å². The van der Waals surface area contributed by atoms with E-state index in [0.29, 0.717) is 5.95 Å². The normalized spacial score (nSPS) is 10.5. The first-order chi connectivity index (χ1) is 5.27. The van der Waals surface area contributed by atoms with Gasteiger partial charge < -0.3 is 5.73 Å². The summed E-state index contributed by atoms with van der Waals surface area (Å²) in [5.41, 5.74) is 6.18. The number of nitrogens with two attached hydrogens (primary N) is 1. The first-order valence-corrected chi connectivity index (χ1v) is 4.21. The van der Waals surface area contributed by atoms with Crippen LogP contribution in [0.1, 0.15) is 0 Å². The molecule has 0 bridgehead atoms. The average Bonchev–Trinajstić information content (AvgIpc) is 2.31. The molecule has 0 radical (unpaired) electrons. The second-order valence-corrected chi connectivity index (χ2v) is 3.20. The summed E-state index contributed by atoms with van der Waals surface area (Å²) in [6.45, 7) is 0. The largest absolute Gasteiger partial charge is 0.366 e. The first-order valence-electron chi connectivity index (χ1n) is 3.21. The molecule has 0 aliphatic rings. The van der Waals surface area contributed by atoms with Crippen LogP contribution in [0.5, 0.6) is 0 Å². The minimum Gasteiger partial charge on any atom is -0.366 e. The van der Waals surface area contributed by atoms with Crippen LogP contribution in [0.2, 0.25) is 0 Å². The third kappa shape index (κ3) is 0.965. The lowest BCUT2D eigenvalue weighted by molar-refractivity contribution is 0.958. The van der Waals surface area contributed by atoms with E-state index in [9.17, 15) is 0 Å². The number of hydrogen-bond acceptors (Lipinski definition) is 4. The van der Waals surface area contributed by atoms with E-state index in [1.807, 2.05) is 0 Å². The van der Waals surface area contributed by atoms with Crippen LogP contribution in [0, 0.1) is 0 Å². The van der Waals surface area contributed by atoms with Crippen LogP contribution in [-0.2, 0) is 0 Å². The highest BCUT2D eigenvalue weighted by molar-refractivity contribution is 6.34. The standard InChI is InChI=1S/C5H4N5.Al.2H/c6-5-8-4-3-7-1-2-10(4)9-5;;;/h1-2H,(H2,6,9);;;. The van der Waals surface area contributed by atoms with Crippen LogP contribution in [-0.4, -0.2) is 35.9 Å². The summed E-state index contributed by atoms with van der Waals surface area (Å²) >= 11 is 0.860. The maximum Gasteiger partial charge on any atom is 0.296 e. The average molecular weight is 163 g/mol. The molecule has 0 atom stereocenters. The van der Waals surface area contributed by atoms with Gasteiger partial charge in [0.15, 0.2) is 5.65 Å². The molecule has 54 valence electrons. The van der Waals surface area contributed by atoms with Gasteiger partial charge in [0.1, 0.15) is 0 Å². The fraction of sp³-hybridized carbons (Fsp3) is 0.